The van der Waals surface area contributed by atoms with Crippen molar-refractivity contribution >= 4 is 28.8 Å². The number of carbonyl (C=O) groups is 1. The van der Waals surface area contributed by atoms with E-state index in [4.69, 9.17) is 11.6 Å². The van der Waals surface area contributed by atoms with Gasteiger partial charge in [-0.05, 0) is 37.5 Å². The zero-order chi connectivity index (χ0) is 17.3. The smallest absolute Gasteiger partial charge is 0.229 e. The van der Waals surface area contributed by atoms with Crippen LogP contribution in [0, 0.1) is 0 Å². The summed E-state index contributed by atoms with van der Waals surface area (Å²) >= 11 is 7.63. The minimum Gasteiger partial charge on any atom is -0.333 e. The number of amides is 1. The Morgan fingerprint density at radius 3 is 2.50 bits per heavy atom. The van der Waals surface area contributed by atoms with E-state index < -0.39 is 0 Å². The Balaban J connectivity index is 1.74. The Bertz CT molecular complexity index is 706. The first-order valence-electron chi connectivity index (χ1n) is 8.46. The zero-order valence-electron chi connectivity index (χ0n) is 14.3. The second-order valence-corrected chi connectivity index (χ2v) is 8.09. The Hall–Kier alpha value is -1.39. The summed E-state index contributed by atoms with van der Waals surface area (Å²) in [6, 6.07) is 8.22. The third-order valence-corrected chi connectivity index (χ3v) is 5.84. The Morgan fingerprint density at radius 2 is 1.96 bits per heavy atom. The maximum Gasteiger partial charge on any atom is 0.229 e. The Morgan fingerprint density at radius 1 is 1.29 bits per heavy atom. The van der Waals surface area contributed by atoms with Crippen molar-refractivity contribution in [3.63, 3.8) is 0 Å². The summed E-state index contributed by atoms with van der Waals surface area (Å²) in [6.07, 6.45) is 2.58. The lowest BCUT2D eigenvalue weighted by Crippen LogP contribution is -2.36. The molecule has 1 unspecified atom stereocenters. The summed E-state index contributed by atoms with van der Waals surface area (Å²) < 4.78 is 0. The molecule has 1 amide bonds. The van der Waals surface area contributed by atoms with E-state index in [1.165, 1.54) is 0 Å². The molecule has 1 fully saturated rings. The van der Waals surface area contributed by atoms with Gasteiger partial charge in [-0.15, -0.1) is 11.3 Å². The van der Waals surface area contributed by atoms with Crippen LogP contribution in [0.15, 0.2) is 29.6 Å². The number of halogens is 1. The third kappa shape index (κ3) is 3.98. The van der Waals surface area contributed by atoms with Gasteiger partial charge in [0.05, 0.1) is 23.2 Å². The molecule has 1 saturated carbocycles. The number of rotatable bonds is 6. The van der Waals surface area contributed by atoms with Gasteiger partial charge in [-0.1, -0.05) is 37.6 Å². The second-order valence-electron chi connectivity index (χ2n) is 6.77. The van der Waals surface area contributed by atoms with Gasteiger partial charge in [-0.2, -0.15) is 0 Å². The molecule has 3 nitrogen and oxygen atoms in total. The van der Waals surface area contributed by atoms with Crippen molar-refractivity contribution in [3.05, 3.63) is 50.9 Å². The highest BCUT2D eigenvalue weighted by Crippen LogP contribution is 2.35. The Kier molecular flexibility index (Phi) is 5.26. The minimum atomic E-state index is 0.0606. The summed E-state index contributed by atoms with van der Waals surface area (Å²) in [4.78, 5) is 19.6. The molecule has 5 heteroatoms. The highest BCUT2D eigenvalue weighted by Gasteiger charge is 2.36. The number of carbonyl (C=O) groups excluding carboxylic acids is 1. The van der Waals surface area contributed by atoms with Gasteiger partial charge in [-0.3, -0.25) is 4.79 Å². The van der Waals surface area contributed by atoms with Crippen LogP contribution in [0.4, 0.5) is 0 Å². The molecule has 1 aromatic carbocycles. The van der Waals surface area contributed by atoms with Crippen LogP contribution >= 0.6 is 22.9 Å². The molecule has 0 saturated heterocycles. The van der Waals surface area contributed by atoms with Crippen LogP contribution in [0.1, 0.15) is 61.8 Å². The highest BCUT2D eigenvalue weighted by atomic mass is 35.5. The third-order valence-electron chi connectivity index (χ3n) is 4.39. The van der Waals surface area contributed by atoms with Gasteiger partial charge in [0.1, 0.15) is 0 Å². The fourth-order valence-corrected chi connectivity index (χ4v) is 3.87. The second kappa shape index (κ2) is 7.24. The summed E-state index contributed by atoms with van der Waals surface area (Å²) in [7, 11) is 0. The van der Waals surface area contributed by atoms with Gasteiger partial charge >= 0.3 is 0 Å². The van der Waals surface area contributed by atoms with Crippen LogP contribution in [0.2, 0.25) is 5.02 Å². The largest absolute Gasteiger partial charge is 0.333 e. The average molecular weight is 363 g/mol. The van der Waals surface area contributed by atoms with Crippen LogP contribution in [0.3, 0.4) is 0 Å². The van der Waals surface area contributed by atoms with Crippen molar-refractivity contribution in [2.24, 2.45) is 0 Å². The first-order valence-corrected chi connectivity index (χ1v) is 9.72. The van der Waals surface area contributed by atoms with Gasteiger partial charge in [0.25, 0.3) is 0 Å². The predicted molar refractivity (Wildman–Crippen MR) is 99.6 cm³/mol. The number of aromatic nitrogens is 1. The molecule has 1 atom stereocenters. The van der Waals surface area contributed by atoms with Crippen LogP contribution in [-0.2, 0) is 11.2 Å². The fraction of sp³-hybridized carbons (Fsp3) is 0.474. The summed E-state index contributed by atoms with van der Waals surface area (Å²) in [6.45, 7) is 6.35. The lowest BCUT2D eigenvalue weighted by Gasteiger charge is -2.29. The SMILES string of the molecule is CC(C)c1nc(CC(=O)N(C2CC2)C(C)c2ccc(Cl)cc2)cs1. The number of thiazole rings is 1. The van der Waals surface area contributed by atoms with Crippen LogP contribution in [0.5, 0.6) is 0 Å². The average Bonchev–Trinajstić information content (AvgIpc) is 3.25. The van der Waals surface area contributed by atoms with E-state index in [0.29, 0.717) is 18.4 Å². The standard InChI is InChI=1S/C19H23ClN2OS/c1-12(2)19-21-16(11-24-19)10-18(23)22(17-8-9-17)13(3)14-4-6-15(20)7-5-14/h4-7,11-13,17H,8-10H2,1-3H3. The van der Waals surface area contributed by atoms with E-state index in [1.54, 1.807) is 11.3 Å². The monoisotopic (exact) mass is 362 g/mol. The number of benzene rings is 1. The summed E-state index contributed by atoms with van der Waals surface area (Å²) in [5, 5.41) is 3.84. The van der Waals surface area contributed by atoms with E-state index >= 15 is 0 Å². The normalized spacial score (nSPS) is 15.5. The van der Waals surface area contributed by atoms with Gasteiger partial charge < -0.3 is 4.90 Å². The van der Waals surface area contributed by atoms with E-state index in [9.17, 15) is 4.79 Å². The molecule has 1 heterocycles. The van der Waals surface area contributed by atoms with Crippen LogP contribution < -0.4 is 0 Å². The lowest BCUT2D eigenvalue weighted by atomic mass is 10.1. The molecule has 0 aliphatic heterocycles. The highest BCUT2D eigenvalue weighted by molar-refractivity contribution is 7.09. The molecule has 0 spiro atoms. The molecule has 1 aliphatic rings. The zero-order valence-corrected chi connectivity index (χ0v) is 15.9. The maximum absolute atomic E-state index is 12.9. The van der Waals surface area contributed by atoms with Crippen molar-refractivity contribution < 1.29 is 4.79 Å². The van der Waals surface area contributed by atoms with Crippen LogP contribution in [0.25, 0.3) is 0 Å². The van der Waals surface area contributed by atoms with Crippen LogP contribution in [-0.4, -0.2) is 21.8 Å². The predicted octanol–water partition coefficient (Wildman–Crippen LogP) is 5.21. The van der Waals surface area contributed by atoms with Crippen molar-refractivity contribution in [2.75, 3.05) is 0 Å². The quantitative estimate of drug-likeness (QED) is 0.706. The molecule has 2 aromatic rings. The number of nitrogens with zero attached hydrogens (tertiary/aromatic N) is 2. The molecule has 24 heavy (non-hydrogen) atoms. The van der Waals surface area contributed by atoms with Gasteiger partial charge in [0.2, 0.25) is 5.91 Å². The molecule has 3 rings (SSSR count). The summed E-state index contributed by atoms with van der Waals surface area (Å²) in [5.74, 6) is 0.576. The van der Waals surface area contributed by atoms with Gasteiger partial charge in [-0.25, -0.2) is 4.98 Å². The first-order chi connectivity index (χ1) is 11.5. The van der Waals surface area contributed by atoms with Crippen molar-refractivity contribution in [2.45, 2.75) is 58.0 Å². The van der Waals surface area contributed by atoms with E-state index in [-0.39, 0.29) is 11.9 Å². The van der Waals surface area contributed by atoms with E-state index in [1.807, 2.05) is 34.5 Å². The number of hydrogen-bond donors (Lipinski definition) is 0. The molecular weight excluding hydrogens is 340 g/mol. The number of hydrogen-bond acceptors (Lipinski definition) is 3. The molecule has 1 aromatic heterocycles. The van der Waals surface area contributed by atoms with Crippen molar-refractivity contribution in [3.8, 4) is 0 Å². The molecule has 0 N–H and O–H groups in total. The topological polar surface area (TPSA) is 33.2 Å². The van der Waals surface area contributed by atoms with Crippen molar-refractivity contribution in [1.82, 2.24) is 9.88 Å². The van der Waals surface area contributed by atoms with E-state index in [2.05, 4.69) is 25.8 Å². The molecular formula is C19H23ClN2OS. The minimum absolute atomic E-state index is 0.0606. The van der Waals surface area contributed by atoms with Gasteiger partial charge in [0.15, 0.2) is 0 Å². The van der Waals surface area contributed by atoms with E-state index in [0.717, 1.165) is 34.1 Å². The molecule has 1 aliphatic carbocycles. The first kappa shape index (κ1) is 17.4. The molecule has 0 bridgehead atoms. The Labute approximate surface area is 152 Å². The van der Waals surface area contributed by atoms with Gasteiger partial charge in [0, 0.05) is 22.4 Å². The maximum atomic E-state index is 12.9. The fourth-order valence-electron chi connectivity index (χ4n) is 2.91. The molecule has 0 radical (unpaired) electrons. The van der Waals surface area contributed by atoms with Crippen molar-refractivity contribution in [1.29, 1.82) is 0 Å². The summed E-state index contributed by atoms with van der Waals surface area (Å²) in [5.41, 5.74) is 2.02. The molecule has 128 valence electrons. The lowest BCUT2D eigenvalue weighted by molar-refractivity contribution is -0.133.